The molecule has 0 spiro atoms. The highest BCUT2D eigenvalue weighted by Gasteiger charge is 2.33. The van der Waals surface area contributed by atoms with Crippen molar-refractivity contribution in [1.82, 2.24) is 0 Å². The minimum atomic E-state index is -1.35. The fourth-order valence-electron chi connectivity index (χ4n) is 0.809. The van der Waals surface area contributed by atoms with Crippen LogP contribution < -0.4 is 0 Å². The van der Waals surface area contributed by atoms with Crippen molar-refractivity contribution in [2.24, 2.45) is 0 Å². The van der Waals surface area contributed by atoms with Gasteiger partial charge in [-0.3, -0.25) is 0 Å². The molecule has 1 atom stereocenters. The predicted molar refractivity (Wildman–Crippen MR) is 67.4 cm³/mol. The first kappa shape index (κ1) is 14.4. The van der Waals surface area contributed by atoms with Gasteiger partial charge in [0.05, 0.1) is 8.07 Å². The van der Waals surface area contributed by atoms with Gasteiger partial charge < -0.3 is 0 Å². The maximum absolute atomic E-state index is 6.23. The van der Waals surface area contributed by atoms with Crippen LogP contribution in [0.5, 0.6) is 0 Å². The van der Waals surface area contributed by atoms with Crippen LogP contribution in [0.1, 0.15) is 12.8 Å². The van der Waals surface area contributed by atoms with Crippen molar-refractivity contribution in [1.29, 1.82) is 0 Å². The van der Waals surface area contributed by atoms with Crippen LogP contribution in [0.25, 0.3) is 0 Å². The van der Waals surface area contributed by atoms with Crippen LogP contribution in [0.3, 0.4) is 0 Å². The molecule has 0 aliphatic rings. The van der Waals surface area contributed by atoms with E-state index in [2.05, 4.69) is 19.6 Å². The van der Waals surface area contributed by atoms with E-state index >= 15 is 0 Å². The van der Waals surface area contributed by atoms with E-state index in [0.29, 0.717) is 18.7 Å². The molecule has 0 bridgehead atoms. The lowest BCUT2D eigenvalue weighted by Gasteiger charge is -2.28. The first-order valence-electron chi connectivity index (χ1n) is 4.27. The third-order valence-electron chi connectivity index (χ3n) is 1.88. The Hall–Kier alpha value is 1.38. The quantitative estimate of drug-likeness (QED) is 0.508. The summed E-state index contributed by atoms with van der Waals surface area (Å²) in [6.45, 7) is 6.61. The lowest BCUT2D eigenvalue weighted by atomic mass is 10.2. The molecule has 0 aliphatic heterocycles. The first-order chi connectivity index (χ1) is 5.69. The van der Waals surface area contributed by atoms with E-state index in [9.17, 15) is 0 Å². The van der Waals surface area contributed by atoms with Crippen molar-refractivity contribution >= 4 is 54.5 Å². The van der Waals surface area contributed by atoms with E-state index in [-0.39, 0.29) is 5.00 Å². The Balaban J connectivity index is 4.11. The van der Waals surface area contributed by atoms with Gasteiger partial charge in [0, 0.05) is 10.9 Å². The molecule has 0 saturated heterocycles. The standard InChI is InChI=1S/C8H16Cl4Si/c1-13(2,3)7(10)6-8(11,12)4-5-9/h7H,4-6H2,1-3H3. The molecule has 0 N–H and O–H groups in total. The van der Waals surface area contributed by atoms with Gasteiger partial charge in [0.1, 0.15) is 4.33 Å². The highest BCUT2D eigenvalue weighted by Crippen LogP contribution is 2.35. The number of alkyl halides is 4. The maximum Gasteiger partial charge on any atom is 0.120 e. The molecule has 0 aliphatic carbocycles. The highest BCUT2D eigenvalue weighted by molar-refractivity contribution is 6.84. The minimum absolute atomic E-state index is 0.103. The zero-order valence-electron chi connectivity index (χ0n) is 8.21. The van der Waals surface area contributed by atoms with Gasteiger partial charge in [0.25, 0.3) is 0 Å². The van der Waals surface area contributed by atoms with E-state index in [1.54, 1.807) is 0 Å². The van der Waals surface area contributed by atoms with Gasteiger partial charge in [-0.15, -0.1) is 46.4 Å². The van der Waals surface area contributed by atoms with E-state index < -0.39 is 12.4 Å². The molecular weight excluding hydrogens is 266 g/mol. The molecule has 0 saturated carbocycles. The van der Waals surface area contributed by atoms with Crippen molar-refractivity contribution in [2.75, 3.05) is 5.88 Å². The third kappa shape index (κ3) is 6.46. The highest BCUT2D eigenvalue weighted by atomic mass is 35.5. The van der Waals surface area contributed by atoms with Crippen LogP contribution in [0, 0.1) is 0 Å². The zero-order valence-corrected chi connectivity index (χ0v) is 12.2. The summed E-state index contributed by atoms with van der Waals surface area (Å²) >= 11 is 23.9. The Morgan fingerprint density at radius 2 is 1.69 bits per heavy atom. The Labute approximate surface area is 102 Å². The van der Waals surface area contributed by atoms with Crippen molar-refractivity contribution < 1.29 is 0 Å². The summed E-state index contributed by atoms with van der Waals surface area (Å²) in [5, 5.41) is 0.103. The second-order valence-electron chi connectivity index (χ2n) is 4.33. The minimum Gasteiger partial charge on any atom is -0.127 e. The average Bonchev–Trinajstić information content (AvgIpc) is 1.83. The molecular formula is C8H16Cl4Si. The molecule has 0 nitrogen and oxygen atoms in total. The molecule has 0 heterocycles. The van der Waals surface area contributed by atoms with E-state index in [4.69, 9.17) is 46.4 Å². The molecule has 80 valence electrons. The molecule has 0 aromatic rings. The molecule has 5 heteroatoms. The molecule has 0 aromatic heterocycles. The lowest BCUT2D eigenvalue weighted by Crippen LogP contribution is -2.38. The number of rotatable bonds is 5. The Morgan fingerprint density at radius 3 is 2.00 bits per heavy atom. The number of halogens is 4. The molecule has 0 aromatic carbocycles. The Kier molecular flexibility index (Phi) is 6.04. The summed E-state index contributed by atoms with van der Waals surface area (Å²) < 4.78 is -0.756. The molecule has 13 heavy (non-hydrogen) atoms. The molecule has 0 radical (unpaired) electrons. The van der Waals surface area contributed by atoms with E-state index in [1.165, 1.54) is 0 Å². The zero-order chi connectivity index (χ0) is 10.7. The Morgan fingerprint density at radius 1 is 1.23 bits per heavy atom. The summed E-state index contributed by atoms with van der Waals surface area (Å²) in [4.78, 5) is 0. The van der Waals surface area contributed by atoms with Crippen LogP contribution in [0.15, 0.2) is 0 Å². The monoisotopic (exact) mass is 280 g/mol. The van der Waals surface area contributed by atoms with Crippen LogP contribution >= 0.6 is 46.4 Å². The smallest absolute Gasteiger partial charge is 0.120 e. The number of hydrogen-bond acceptors (Lipinski definition) is 0. The summed E-state index contributed by atoms with van der Waals surface area (Å²) in [6, 6.07) is 0. The molecule has 0 rings (SSSR count). The van der Waals surface area contributed by atoms with Crippen molar-refractivity contribution in [3.8, 4) is 0 Å². The number of hydrogen-bond donors (Lipinski definition) is 0. The largest absolute Gasteiger partial charge is 0.127 e. The van der Waals surface area contributed by atoms with E-state index in [1.807, 2.05) is 0 Å². The van der Waals surface area contributed by atoms with Gasteiger partial charge in [-0.25, -0.2) is 0 Å². The summed E-state index contributed by atoms with van der Waals surface area (Å²) in [7, 11) is -1.35. The van der Waals surface area contributed by atoms with Gasteiger partial charge in [-0.1, -0.05) is 19.6 Å². The Bertz CT molecular complexity index is 153. The van der Waals surface area contributed by atoms with E-state index in [0.717, 1.165) is 0 Å². The predicted octanol–water partition coefficient (Wildman–Crippen LogP) is 4.66. The normalized spacial score (nSPS) is 15.9. The van der Waals surface area contributed by atoms with Gasteiger partial charge >= 0.3 is 0 Å². The molecule has 0 fully saturated rings. The second-order valence-corrected chi connectivity index (χ2v) is 12.7. The SMILES string of the molecule is C[Si](C)(C)C(Cl)CC(Cl)(Cl)CCCl. The van der Waals surface area contributed by atoms with Gasteiger partial charge in [0.15, 0.2) is 0 Å². The fourth-order valence-corrected chi connectivity index (χ4v) is 3.46. The average molecular weight is 282 g/mol. The lowest BCUT2D eigenvalue weighted by molar-refractivity contribution is 0.698. The van der Waals surface area contributed by atoms with Crippen molar-refractivity contribution in [3.05, 3.63) is 0 Å². The van der Waals surface area contributed by atoms with Gasteiger partial charge in [-0.05, 0) is 12.8 Å². The van der Waals surface area contributed by atoms with Crippen molar-refractivity contribution in [2.45, 2.75) is 41.8 Å². The summed E-state index contributed by atoms with van der Waals surface area (Å²) in [5.74, 6) is 0.475. The molecule has 1 unspecified atom stereocenters. The van der Waals surface area contributed by atoms with Gasteiger partial charge in [-0.2, -0.15) is 0 Å². The van der Waals surface area contributed by atoms with Gasteiger partial charge in [0.2, 0.25) is 0 Å². The maximum atomic E-state index is 6.23. The van der Waals surface area contributed by atoms with Crippen LogP contribution in [-0.2, 0) is 0 Å². The van der Waals surface area contributed by atoms with Crippen LogP contribution in [0.4, 0.5) is 0 Å². The van der Waals surface area contributed by atoms with Crippen molar-refractivity contribution in [3.63, 3.8) is 0 Å². The summed E-state index contributed by atoms with van der Waals surface area (Å²) in [5.41, 5.74) is 0. The van der Waals surface area contributed by atoms with Crippen LogP contribution in [0.2, 0.25) is 19.6 Å². The third-order valence-corrected chi connectivity index (χ3v) is 6.96. The first-order valence-corrected chi connectivity index (χ1v) is 9.57. The second kappa shape index (κ2) is 5.46. The summed E-state index contributed by atoms with van der Waals surface area (Å²) in [6.07, 6.45) is 1.21. The van der Waals surface area contributed by atoms with Crippen LogP contribution in [-0.4, -0.2) is 23.3 Å². The topological polar surface area (TPSA) is 0 Å². The fraction of sp³-hybridized carbons (Fsp3) is 1.00. The molecule has 0 amide bonds.